The Labute approximate surface area is 99.7 Å². The quantitative estimate of drug-likeness (QED) is 0.790. The van der Waals surface area contributed by atoms with Crippen LogP contribution in [0.5, 0.6) is 5.75 Å². The van der Waals surface area contributed by atoms with E-state index in [0.717, 1.165) is 0 Å². The molecular weight excluding hydrogens is 222 g/mol. The Kier molecular flexibility index (Phi) is 5.00. The van der Waals surface area contributed by atoms with Crippen LogP contribution in [0.3, 0.4) is 0 Å². The van der Waals surface area contributed by atoms with E-state index in [2.05, 4.69) is 10.1 Å². The lowest BCUT2D eigenvalue weighted by atomic mass is 10.3. The number of methoxy groups -OCH3 is 1. The first-order chi connectivity index (χ1) is 8.15. The molecule has 0 aliphatic carbocycles. The third kappa shape index (κ3) is 4.55. The van der Waals surface area contributed by atoms with Gasteiger partial charge in [0.15, 0.2) is 6.61 Å². The first kappa shape index (κ1) is 13.0. The van der Waals surface area contributed by atoms with Crippen molar-refractivity contribution in [1.29, 1.82) is 0 Å². The fraction of sp³-hybridized carbons (Fsp3) is 0.333. The van der Waals surface area contributed by atoms with Crippen molar-refractivity contribution in [1.82, 2.24) is 0 Å². The highest BCUT2D eigenvalue weighted by atomic mass is 16.6. The van der Waals surface area contributed by atoms with E-state index >= 15 is 0 Å². The summed E-state index contributed by atoms with van der Waals surface area (Å²) in [6.45, 7) is 1.62. The maximum absolute atomic E-state index is 11.2. The Morgan fingerprint density at radius 2 is 2.12 bits per heavy atom. The molecule has 0 bridgehead atoms. The zero-order chi connectivity index (χ0) is 12.7. The molecule has 0 aliphatic heterocycles. The number of esters is 1. The van der Waals surface area contributed by atoms with E-state index in [1.54, 1.807) is 31.2 Å². The first-order valence-corrected chi connectivity index (χ1v) is 5.25. The average molecular weight is 237 g/mol. The third-order valence-electron chi connectivity index (χ3n) is 2.02. The topological polar surface area (TPSA) is 64.6 Å². The van der Waals surface area contributed by atoms with Crippen molar-refractivity contribution in [3.8, 4) is 5.75 Å². The van der Waals surface area contributed by atoms with Gasteiger partial charge in [-0.1, -0.05) is 13.0 Å². The number of carbonyl (C=O) groups is 2. The van der Waals surface area contributed by atoms with E-state index in [1.165, 1.54) is 7.11 Å². The Hall–Kier alpha value is -2.04. The highest BCUT2D eigenvalue weighted by Gasteiger charge is 2.03. The van der Waals surface area contributed by atoms with E-state index in [-0.39, 0.29) is 12.5 Å². The molecule has 0 aromatic heterocycles. The van der Waals surface area contributed by atoms with Gasteiger partial charge in [0.25, 0.3) is 0 Å². The van der Waals surface area contributed by atoms with Gasteiger partial charge in [-0.25, -0.2) is 4.79 Å². The second-order valence-corrected chi connectivity index (χ2v) is 3.29. The van der Waals surface area contributed by atoms with Crippen LogP contribution in [-0.4, -0.2) is 25.6 Å². The molecule has 0 unspecified atom stereocenters. The van der Waals surface area contributed by atoms with Crippen LogP contribution in [0.4, 0.5) is 5.69 Å². The highest BCUT2D eigenvalue weighted by molar-refractivity contribution is 5.90. The summed E-state index contributed by atoms with van der Waals surface area (Å²) >= 11 is 0. The molecule has 1 amide bonds. The monoisotopic (exact) mass is 237 g/mol. The number of hydrogen-bond acceptors (Lipinski definition) is 4. The van der Waals surface area contributed by atoms with Gasteiger partial charge in [-0.3, -0.25) is 4.79 Å². The zero-order valence-corrected chi connectivity index (χ0v) is 9.86. The maximum Gasteiger partial charge on any atom is 0.343 e. The zero-order valence-electron chi connectivity index (χ0n) is 9.86. The normalized spacial score (nSPS) is 9.53. The molecule has 0 radical (unpaired) electrons. The molecule has 0 saturated carbocycles. The van der Waals surface area contributed by atoms with Gasteiger partial charge in [-0.2, -0.15) is 0 Å². The van der Waals surface area contributed by atoms with Crippen molar-refractivity contribution in [3.63, 3.8) is 0 Å². The fourth-order valence-corrected chi connectivity index (χ4v) is 1.11. The lowest BCUT2D eigenvalue weighted by Crippen LogP contribution is -2.13. The number of carbonyl (C=O) groups excluding carboxylic acids is 2. The van der Waals surface area contributed by atoms with Crippen LogP contribution in [0.25, 0.3) is 0 Å². The second kappa shape index (κ2) is 6.52. The van der Waals surface area contributed by atoms with Gasteiger partial charge in [0.2, 0.25) is 5.91 Å². The summed E-state index contributed by atoms with van der Waals surface area (Å²) in [4.78, 5) is 22.1. The minimum Gasteiger partial charge on any atom is -0.482 e. The molecule has 0 spiro atoms. The summed E-state index contributed by atoms with van der Waals surface area (Å²) in [5.74, 6) is -0.0209. The van der Waals surface area contributed by atoms with E-state index < -0.39 is 5.97 Å². The SMILES string of the molecule is CCC(=O)Nc1cccc(OCC(=O)OC)c1. The van der Waals surface area contributed by atoms with E-state index in [0.29, 0.717) is 17.9 Å². The summed E-state index contributed by atoms with van der Waals surface area (Å²) < 4.78 is 9.64. The number of nitrogens with one attached hydrogen (secondary N) is 1. The van der Waals surface area contributed by atoms with Crippen LogP contribution in [0.15, 0.2) is 24.3 Å². The van der Waals surface area contributed by atoms with Crippen molar-refractivity contribution in [3.05, 3.63) is 24.3 Å². The smallest absolute Gasteiger partial charge is 0.343 e. The Morgan fingerprint density at radius 1 is 1.35 bits per heavy atom. The van der Waals surface area contributed by atoms with Gasteiger partial charge in [0.1, 0.15) is 5.75 Å². The molecule has 5 heteroatoms. The van der Waals surface area contributed by atoms with Crippen LogP contribution in [-0.2, 0) is 14.3 Å². The molecule has 1 rings (SSSR count). The predicted molar refractivity (Wildman–Crippen MR) is 62.9 cm³/mol. The van der Waals surface area contributed by atoms with Gasteiger partial charge < -0.3 is 14.8 Å². The van der Waals surface area contributed by atoms with Crippen molar-refractivity contribution in [2.75, 3.05) is 19.0 Å². The van der Waals surface area contributed by atoms with Crippen molar-refractivity contribution in [2.45, 2.75) is 13.3 Å². The summed E-state index contributed by atoms with van der Waals surface area (Å²) in [6, 6.07) is 6.83. The lowest BCUT2D eigenvalue weighted by molar-refractivity contribution is -0.142. The molecular formula is C12H15NO4. The number of hydrogen-bond donors (Lipinski definition) is 1. The standard InChI is InChI=1S/C12H15NO4/c1-3-11(14)13-9-5-4-6-10(7-9)17-8-12(15)16-2/h4-7H,3,8H2,1-2H3,(H,13,14). The third-order valence-corrected chi connectivity index (χ3v) is 2.02. The van der Waals surface area contributed by atoms with E-state index in [9.17, 15) is 9.59 Å². The number of benzene rings is 1. The van der Waals surface area contributed by atoms with E-state index in [4.69, 9.17) is 4.74 Å². The van der Waals surface area contributed by atoms with Crippen molar-refractivity contribution >= 4 is 17.6 Å². The largest absolute Gasteiger partial charge is 0.482 e. The average Bonchev–Trinajstić information content (AvgIpc) is 2.36. The molecule has 1 aromatic carbocycles. The maximum atomic E-state index is 11.2. The van der Waals surface area contributed by atoms with Crippen LogP contribution < -0.4 is 10.1 Å². The summed E-state index contributed by atoms with van der Waals surface area (Å²) in [6.07, 6.45) is 0.410. The van der Waals surface area contributed by atoms with Gasteiger partial charge >= 0.3 is 5.97 Å². The number of anilines is 1. The molecule has 0 fully saturated rings. The van der Waals surface area contributed by atoms with Crippen molar-refractivity contribution < 1.29 is 19.1 Å². The summed E-state index contributed by atoms with van der Waals surface area (Å²) in [5.41, 5.74) is 0.638. The van der Waals surface area contributed by atoms with E-state index in [1.807, 2.05) is 0 Å². The minimum absolute atomic E-state index is 0.0740. The lowest BCUT2D eigenvalue weighted by Gasteiger charge is -2.07. The predicted octanol–water partition coefficient (Wildman–Crippen LogP) is 1.59. The van der Waals surface area contributed by atoms with Crippen LogP contribution in [0, 0.1) is 0 Å². The molecule has 0 heterocycles. The van der Waals surface area contributed by atoms with Crippen LogP contribution in [0.2, 0.25) is 0 Å². The Morgan fingerprint density at radius 3 is 2.76 bits per heavy atom. The second-order valence-electron chi connectivity index (χ2n) is 3.29. The van der Waals surface area contributed by atoms with Crippen LogP contribution >= 0.6 is 0 Å². The molecule has 0 aliphatic rings. The van der Waals surface area contributed by atoms with Crippen LogP contribution in [0.1, 0.15) is 13.3 Å². The number of rotatable bonds is 5. The Balaban J connectivity index is 2.59. The van der Waals surface area contributed by atoms with Gasteiger partial charge in [0, 0.05) is 18.2 Å². The van der Waals surface area contributed by atoms with Gasteiger partial charge in [0.05, 0.1) is 7.11 Å². The molecule has 5 nitrogen and oxygen atoms in total. The molecule has 92 valence electrons. The van der Waals surface area contributed by atoms with Crippen molar-refractivity contribution in [2.24, 2.45) is 0 Å². The molecule has 17 heavy (non-hydrogen) atoms. The summed E-state index contributed by atoms with van der Waals surface area (Å²) in [5, 5.41) is 2.70. The first-order valence-electron chi connectivity index (χ1n) is 5.25. The molecule has 0 atom stereocenters. The summed E-state index contributed by atoms with van der Waals surface area (Å²) in [7, 11) is 1.30. The van der Waals surface area contributed by atoms with Gasteiger partial charge in [-0.05, 0) is 12.1 Å². The molecule has 1 N–H and O–H groups in total. The number of ether oxygens (including phenoxy) is 2. The molecule has 1 aromatic rings. The minimum atomic E-state index is -0.451. The van der Waals surface area contributed by atoms with Gasteiger partial charge in [-0.15, -0.1) is 0 Å². The fourth-order valence-electron chi connectivity index (χ4n) is 1.11. The Bertz CT molecular complexity index is 403. The molecule has 0 saturated heterocycles. The highest BCUT2D eigenvalue weighted by Crippen LogP contribution is 2.17. The number of amides is 1.